The number of aryl methyl sites for hydroxylation is 2. The van der Waals surface area contributed by atoms with Crippen LogP contribution in [0.1, 0.15) is 30.8 Å². The molecular formula is C22H29N5O3. The average Bonchev–Trinajstić information content (AvgIpc) is 3.03. The third kappa shape index (κ3) is 3.73. The second kappa shape index (κ2) is 7.85. The van der Waals surface area contributed by atoms with Crippen molar-refractivity contribution in [2.45, 2.75) is 46.1 Å². The van der Waals surface area contributed by atoms with Gasteiger partial charge < -0.3 is 9.30 Å². The van der Waals surface area contributed by atoms with Crippen molar-refractivity contribution in [1.29, 1.82) is 0 Å². The summed E-state index contributed by atoms with van der Waals surface area (Å²) in [5, 5.41) is 0. The van der Waals surface area contributed by atoms with Crippen molar-refractivity contribution >= 4 is 11.2 Å². The van der Waals surface area contributed by atoms with Crippen LogP contribution in [0.4, 0.5) is 0 Å². The summed E-state index contributed by atoms with van der Waals surface area (Å²) in [6, 6.07) is 8.26. The zero-order valence-corrected chi connectivity index (χ0v) is 18.3. The first kappa shape index (κ1) is 20.6. The summed E-state index contributed by atoms with van der Waals surface area (Å²) in [5.41, 5.74) is 2.48. The number of hydrogen-bond acceptors (Lipinski definition) is 5. The van der Waals surface area contributed by atoms with Crippen molar-refractivity contribution < 1.29 is 4.74 Å². The molecule has 160 valence electrons. The molecular weight excluding hydrogens is 382 g/mol. The molecule has 1 aromatic carbocycles. The quantitative estimate of drug-likeness (QED) is 0.649. The zero-order chi connectivity index (χ0) is 21.6. The van der Waals surface area contributed by atoms with Gasteiger partial charge in [0.2, 0.25) is 0 Å². The number of fused-ring (bicyclic) bond motifs is 1. The van der Waals surface area contributed by atoms with Crippen molar-refractivity contribution in [2.75, 3.05) is 13.1 Å². The van der Waals surface area contributed by atoms with E-state index in [-0.39, 0.29) is 23.5 Å². The molecule has 1 aliphatic rings. The Bertz CT molecular complexity index is 1180. The number of benzene rings is 1. The van der Waals surface area contributed by atoms with Gasteiger partial charge in [-0.1, -0.05) is 29.8 Å². The van der Waals surface area contributed by atoms with Gasteiger partial charge in [0.25, 0.3) is 5.56 Å². The van der Waals surface area contributed by atoms with E-state index in [1.165, 1.54) is 17.2 Å². The highest BCUT2D eigenvalue weighted by atomic mass is 16.5. The van der Waals surface area contributed by atoms with Crippen LogP contribution in [0.5, 0.6) is 0 Å². The molecule has 0 saturated carbocycles. The van der Waals surface area contributed by atoms with Crippen LogP contribution in [-0.4, -0.2) is 48.9 Å². The molecule has 1 fully saturated rings. The summed E-state index contributed by atoms with van der Waals surface area (Å²) >= 11 is 0. The lowest BCUT2D eigenvalue weighted by Gasteiger charge is -2.35. The molecule has 0 aliphatic carbocycles. The van der Waals surface area contributed by atoms with Crippen LogP contribution < -0.4 is 11.2 Å². The van der Waals surface area contributed by atoms with Gasteiger partial charge in [0.15, 0.2) is 11.2 Å². The van der Waals surface area contributed by atoms with E-state index in [1.54, 1.807) is 7.05 Å². The lowest BCUT2D eigenvalue weighted by molar-refractivity contribution is -0.0712. The maximum atomic E-state index is 13.0. The molecule has 0 radical (unpaired) electrons. The highest BCUT2D eigenvalue weighted by Gasteiger charge is 2.25. The van der Waals surface area contributed by atoms with Gasteiger partial charge in [0.05, 0.1) is 18.8 Å². The molecule has 0 spiro atoms. The van der Waals surface area contributed by atoms with Crippen molar-refractivity contribution in [2.24, 2.45) is 14.1 Å². The number of nitrogens with zero attached hydrogens (tertiary/aromatic N) is 5. The smallest absolute Gasteiger partial charge is 0.332 e. The van der Waals surface area contributed by atoms with Gasteiger partial charge in [-0.25, -0.2) is 9.78 Å². The van der Waals surface area contributed by atoms with E-state index in [9.17, 15) is 9.59 Å². The summed E-state index contributed by atoms with van der Waals surface area (Å²) in [6.07, 6.45) is 0.279. The minimum Gasteiger partial charge on any atom is -0.373 e. The molecule has 0 amide bonds. The van der Waals surface area contributed by atoms with E-state index in [2.05, 4.69) is 43.0 Å². The van der Waals surface area contributed by atoms with Crippen molar-refractivity contribution in [3.63, 3.8) is 0 Å². The molecule has 1 saturated heterocycles. The lowest BCUT2D eigenvalue weighted by Crippen LogP contribution is -2.45. The van der Waals surface area contributed by atoms with Crippen LogP contribution in [0.15, 0.2) is 33.9 Å². The first-order chi connectivity index (χ1) is 14.2. The Labute approximate surface area is 175 Å². The molecule has 0 unspecified atom stereocenters. The Hall–Kier alpha value is -2.71. The van der Waals surface area contributed by atoms with E-state index < -0.39 is 0 Å². The van der Waals surface area contributed by atoms with Crippen LogP contribution in [0, 0.1) is 6.92 Å². The molecule has 1 aliphatic heterocycles. The Balaban J connectivity index is 1.84. The molecule has 3 aromatic rings. The van der Waals surface area contributed by atoms with Crippen LogP contribution in [0.3, 0.4) is 0 Å². The molecule has 2 aromatic heterocycles. The maximum absolute atomic E-state index is 13.0. The predicted molar refractivity (Wildman–Crippen MR) is 116 cm³/mol. The maximum Gasteiger partial charge on any atom is 0.332 e. The van der Waals surface area contributed by atoms with E-state index in [0.29, 0.717) is 24.3 Å². The van der Waals surface area contributed by atoms with Crippen LogP contribution >= 0.6 is 0 Å². The standard InChI is InChI=1S/C22H29N5O3/c1-14-6-8-17(9-7-14)12-27-18(13-26-10-15(2)30-16(3)11-26)23-20-19(27)21(28)25(5)22(29)24(20)4/h6-9,15-16H,10-13H2,1-5H3/t15-,16+. The topological polar surface area (TPSA) is 74.3 Å². The van der Waals surface area contributed by atoms with Crippen molar-refractivity contribution in [3.8, 4) is 0 Å². The van der Waals surface area contributed by atoms with Gasteiger partial charge in [0.1, 0.15) is 5.82 Å². The van der Waals surface area contributed by atoms with Crippen molar-refractivity contribution in [3.05, 3.63) is 62.1 Å². The van der Waals surface area contributed by atoms with Gasteiger partial charge in [-0.15, -0.1) is 0 Å². The summed E-state index contributed by atoms with van der Waals surface area (Å²) in [6.45, 7) is 8.90. The fourth-order valence-electron chi connectivity index (χ4n) is 4.27. The lowest BCUT2D eigenvalue weighted by atomic mass is 10.1. The number of rotatable bonds is 4. The van der Waals surface area contributed by atoms with Crippen LogP contribution in [0.25, 0.3) is 11.2 Å². The second-order valence-electron chi connectivity index (χ2n) is 8.43. The number of aromatic nitrogens is 4. The Morgan fingerprint density at radius 1 is 1.00 bits per heavy atom. The molecule has 30 heavy (non-hydrogen) atoms. The van der Waals surface area contributed by atoms with E-state index in [4.69, 9.17) is 9.72 Å². The third-order valence-electron chi connectivity index (χ3n) is 5.75. The Kier molecular flexibility index (Phi) is 5.38. The van der Waals surface area contributed by atoms with Gasteiger partial charge in [-0.3, -0.25) is 18.8 Å². The minimum atomic E-state index is -0.368. The van der Waals surface area contributed by atoms with Gasteiger partial charge in [-0.05, 0) is 26.3 Å². The molecule has 2 atom stereocenters. The fourth-order valence-corrected chi connectivity index (χ4v) is 4.27. The highest BCUT2D eigenvalue weighted by Crippen LogP contribution is 2.19. The van der Waals surface area contributed by atoms with E-state index >= 15 is 0 Å². The summed E-state index contributed by atoms with van der Waals surface area (Å²) in [5.74, 6) is 0.783. The molecule has 0 bridgehead atoms. The highest BCUT2D eigenvalue weighted by molar-refractivity contribution is 5.71. The first-order valence-corrected chi connectivity index (χ1v) is 10.3. The van der Waals surface area contributed by atoms with Crippen molar-refractivity contribution in [1.82, 2.24) is 23.6 Å². The number of morpholine rings is 1. The summed E-state index contributed by atoms with van der Waals surface area (Å²) < 4.78 is 10.4. The number of imidazole rings is 1. The normalized spacial score (nSPS) is 20.2. The Morgan fingerprint density at radius 2 is 1.63 bits per heavy atom. The monoisotopic (exact) mass is 411 g/mol. The second-order valence-corrected chi connectivity index (χ2v) is 8.43. The molecule has 4 rings (SSSR count). The number of hydrogen-bond donors (Lipinski definition) is 0. The average molecular weight is 412 g/mol. The van der Waals surface area contributed by atoms with E-state index in [0.717, 1.165) is 29.0 Å². The summed E-state index contributed by atoms with van der Waals surface area (Å²) in [4.78, 5) is 32.5. The molecule has 0 N–H and O–H groups in total. The molecule has 8 nitrogen and oxygen atoms in total. The SMILES string of the molecule is Cc1ccc(Cn2c(CN3C[C@@H](C)O[C@@H](C)C3)nc3c2c(=O)n(C)c(=O)n3C)cc1. The Morgan fingerprint density at radius 3 is 2.27 bits per heavy atom. The van der Waals surface area contributed by atoms with Gasteiger partial charge in [0, 0.05) is 33.7 Å². The van der Waals surface area contributed by atoms with E-state index in [1.807, 2.05) is 11.5 Å². The minimum absolute atomic E-state index is 0.140. The molecule has 3 heterocycles. The van der Waals surface area contributed by atoms with Crippen LogP contribution in [0.2, 0.25) is 0 Å². The largest absolute Gasteiger partial charge is 0.373 e. The number of ether oxygens (including phenoxy) is 1. The zero-order valence-electron chi connectivity index (χ0n) is 18.3. The predicted octanol–water partition coefficient (Wildman–Crippen LogP) is 1.40. The first-order valence-electron chi connectivity index (χ1n) is 10.3. The van der Waals surface area contributed by atoms with Gasteiger partial charge >= 0.3 is 5.69 Å². The molecule has 8 heteroatoms. The third-order valence-corrected chi connectivity index (χ3v) is 5.75. The van der Waals surface area contributed by atoms with Crippen LogP contribution in [-0.2, 0) is 31.9 Å². The fraction of sp³-hybridized carbons (Fsp3) is 0.500. The summed E-state index contributed by atoms with van der Waals surface area (Å²) in [7, 11) is 3.17. The van der Waals surface area contributed by atoms with Gasteiger partial charge in [-0.2, -0.15) is 0 Å².